The molecule has 0 spiro atoms. The first kappa shape index (κ1) is 12.0. The van der Waals surface area contributed by atoms with Crippen molar-refractivity contribution in [2.45, 2.75) is 6.92 Å². The van der Waals surface area contributed by atoms with Crippen LogP contribution in [0.1, 0.15) is 12.8 Å². The van der Waals surface area contributed by atoms with Gasteiger partial charge in [-0.25, -0.2) is 4.98 Å². The fourth-order valence-electron chi connectivity index (χ4n) is 2.13. The average molecular weight is 270 g/mol. The maximum absolute atomic E-state index is 6.27. The predicted molar refractivity (Wildman–Crippen MR) is 80.4 cm³/mol. The van der Waals surface area contributed by atoms with E-state index in [9.17, 15) is 0 Å². The van der Waals surface area contributed by atoms with Gasteiger partial charge in [-0.1, -0.05) is 54.6 Å². The molecule has 0 bridgehead atoms. The first-order valence-electron chi connectivity index (χ1n) is 5.98. The topological polar surface area (TPSA) is 26.0 Å². The summed E-state index contributed by atoms with van der Waals surface area (Å²) in [7, 11) is 0. The summed E-state index contributed by atoms with van der Waals surface area (Å²) in [6.45, 7) is 5.62. The fourth-order valence-corrected chi connectivity index (χ4v) is 2.39. The lowest BCUT2D eigenvalue weighted by molar-refractivity contribution is 0.584. The van der Waals surface area contributed by atoms with Crippen LogP contribution >= 0.6 is 11.6 Å². The van der Waals surface area contributed by atoms with E-state index in [1.165, 1.54) is 0 Å². The van der Waals surface area contributed by atoms with Crippen LogP contribution in [0.5, 0.6) is 0 Å². The summed E-state index contributed by atoms with van der Waals surface area (Å²) in [5.74, 6) is 0.599. The molecule has 0 radical (unpaired) electrons. The molecular formula is C16H12ClNO. The maximum atomic E-state index is 6.27. The first-order chi connectivity index (χ1) is 9.20. The third-order valence-corrected chi connectivity index (χ3v) is 3.37. The van der Waals surface area contributed by atoms with E-state index >= 15 is 0 Å². The number of halogens is 1. The van der Waals surface area contributed by atoms with Crippen molar-refractivity contribution < 1.29 is 4.42 Å². The third-order valence-electron chi connectivity index (χ3n) is 3.06. The van der Waals surface area contributed by atoms with Crippen molar-refractivity contribution in [3.8, 4) is 0 Å². The second-order valence-electron chi connectivity index (χ2n) is 4.36. The number of nitrogens with zero attached hydrogens (tertiary/aromatic N) is 1. The molecule has 0 aliphatic heterocycles. The highest BCUT2D eigenvalue weighted by Gasteiger charge is 2.12. The Morgan fingerprint density at radius 3 is 2.79 bits per heavy atom. The van der Waals surface area contributed by atoms with Gasteiger partial charge in [0.25, 0.3) is 0 Å². The van der Waals surface area contributed by atoms with Gasteiger partial charge >= 0.3 is 0 Å². The van der Waals surface area contributed by atoms with Crippen molar-refractivity contribution >= 4 is 39.0 Å². The lowest BCUT2D eigenvalue weighted by atomic mass is 10.1. The van der Waals surface area contributed by atoms with E-state index < -0.39 is 0 Å². The minimum absolute atomic E-state index is 0.599. The molecule has 1 aromatic heterocycles. The van der Waals surface area contributed by atoms with Gasteiger partial charge in [-0.2, -0.15) is 0 Å². The maximum Gasteiger partial charge on any atom is 0.222 e. The van der Waals surface area contributed by atoms with Gasteiger partial charge in [-0.3, -0.25) is 0 Å². The van der Waals surface area contributed by atoms with Crippen LogP contribution < -0.4 is 0 Å². The molecule has 0 saturated carbocycles. The summed E-state index contributed by atoms with van der Waals surface area (Å²) < 4.78 is 5.76. The van der Waals surface area contributed by atoms with Crippen molar-refractivity contribution in [3.05, 3.63) is 60.0 Å². The second kappa shape index (κ2) is 4.56. The molecule has 0 amide bonds. The average Bonchev–Trinajstić information content (AvgIpc) is 2.83. The van der Waals surface area contributed by atoms with Crippen LogP contribution in [-0.2, 0) is 0 Å². The Morgan fingerprint density at radius 2 is 2.05 bits per heavy atom. The summed E-state index contributed by atoms with van der Waals surface area (Å²) in [4.78, 5) is 4.56. The molecule has 2 nitrogen and oxygen atoms in total. The van der Waals surface area contributed by atoms with E-state index in [4.69, 9.17) is 16.0 Å². The summed E-state index contributed by atoms with van der Waals surface area (Å²) in [5, 5.41) is 2.67. The Balaban J connectivity index is 2.37. The van der Waals surface area contributed by atoms with Gasteiger partial charge in [0.15, 0.2) is 5.58 Å². The van der Waals surface area contributed by atoms with Gasteiger partial charge in [-0.05, 0) is 6.92 Å². The van der Waals surface area contributed by atoms with Crippen LogP contribution in [-0.4, -0.2) is 4.98 Å². The van der Waals surface area contributed by atoms with Crippen molar-refractivity contribution in [2.24, 2.45) is 0 Å². The molecule has 0 saturated heterocycles. The van der Waals surface area contributed by atoms with Crippen LogP contribution in [0.25, 0.3) is 27.4 Å². The molecule has 0 N–H and O–H groups in total. The number of allylic oxidation sites excluding steroid dienone is 3. The zero-order valence-corrected chi connectivity index (χ0v) is 11.2. The molecule has 19 heavy (non-hydrogen) atoms. The van der Waals surface area contributed by atoms with E-state index in [0.29, 0.717) is 16.5 Å². The molecule has 0 fully saturated rings. The van der Waals surface area contributed by atoms with Crippen molar-refractivity contribution in [2.75, 3.05) is 0 Å². The number of fused-ring (bicyclic) bond motifs is 3. The molecule has 3 aromatic rings. The Kier molecular flexibility index (Phi) is 2.88. The summed E-state index contributed by atoms with van der Waals surface area (Å²) >= 11 is 6.27. The number of rotatable bonds is 2. The van der Waals surface area contributed by atoms with Gasteiger partial charge < -0.3 is 4.42 Å². The zero-order chi connectivity index (χ0) is 13.4. The molecule has 0 aliphatic rings. The predicted octanol–water partition coefficient (Wildman–Crippen LogP) is 5.22. The molecule has 0 unspecified atom stereocenters. The molecule has 2 aromatic carbocycles. The minimum Gasteiger partial charge on any atom is -0.436 e. The van der Waals surface area contributed by atoms with Gasteiger partial charge in [0.1, 0.15) is 5.52 Å². The number of aromatic nitrogens is 1. The first-order valence-corrected chi connectivity index (χ1v) is 6.36. The van der Waals surface area contributed by atoms with E-state index in [1.807, 2.05) is 43.3 Å². The highest BCUT2D eigenvalue weighted by Crippen LogP contribution is 2.32. The van der Waals surface area contributed by atoms with E-state index in [-0.39, 0.29) is 0 Å². The van der Waals surface area contributed by atoms with Crippen LogP contribution in [0.3, 0.4) is 0 Å². The molecular weight excluding hydrogens is 258 g/mol. The van der Waals surface area contributed by atoms with Gasteiger partial charge in [0.2, 0.25) is 5.89 Å². The molecule has 1 heterocycles. The highest BCUT2D eigenvalue weighted by molar-refractivity contribution is 6.37. The Bertz CT molecular complexity index is 814. The Morgan fingerprint density at radius 1 is 1.32 bits per heavy atom. The van der Waals surface area contributed by atoms with E-state index in [0.717, 1.165) is 21.9 Å². The van der Waals surface area contributed by atoms with Crippen LogP contribution in [0, 0.1) is 0 Å². The van der Waals surface area contributed by atoms with Gasteiger partial charge in [0, 0.05) is 22.4 Å². The fraction of sp³-hybridized carbons (Fsp3) is 0.0625. The van der Waals surface area contributed by atoms with Gasteiger partial charge in [-0.15, -0.1) is 0 Å². The third kappa shape index (κ3) is 1.94. The molecule has 3 rings (SSSR count). The largest absolute Gasteiger partial charge is 0.436 e. The molecule has 3 heteroatoms. The number of hydrogen-bond acceptors (Lipinski definition) is 2. The quantitative estimate of drug-likeness (QED) is 0.596. The normalized spacial score (nSPS) is 12.2. The van der Waals surface area contributed by atoms with Crippen LogP contribution in [0.15, 0.2) is 53.5 Å². The van der Waals surface area contributed by atoms with Crippen LogP contribution in [0.2, 0.25) is 5.02 Å². The molecule has 94 valence electrons. The highest BCUT2D eigenvalue weighted by atomic mass is 35.5. The van der Waals surface area contributed by atoms with E-state index in [2.05, 4.69) is 11.6 Å². The smallest absolute Gasteiger partial charge is 0.222 e. The van der Waals surface area contributed by atoms with Crippen molar-refractivity contribution in [1.82, 2.24) is 4.98 Å². The SMILES string of the molecule is C=C/C=C(\C)c1nc2c(cc(Cl)c3ccccc32)o1. The second-order valence-corrected chi connectivity index (χ2v) is 4.76. The summed E-state index contributed by atoms with van der Waals surface area (Å²) in [6, 6.07) is 9.74. The lowest BCUT2D eigenvalue weighted by Crippen LogP contribution is -1.79. The van der Waals surface area contributed by atoms with Crippen molar-refractivity contribution in [1.29, 1.82) is 0 Å². The van der Waals surface area contributed by atoms with E-state index in [1.54, 1.807) is 6.08 Å². The minimum atomic E-state index is 0.599. The monoisotopic (exact) mass is 269 g/mol. The Hall–Kier alpha value is -2.06. The number of benzene rings is 2. The lowest BCUT2D eigenvalue weighted by Gasteiger charge is -1.99. The van der Waals surface area contributed by atoms with Crippen molar-refractivity contribution in [3.63, 3.8) is 0 Å². The summed E-state index contributed by atoms with van der Waals surface area (Å²) in [6.07, 6.45) is 3.59. The zero-order valence-electron chi connectivity index (χ0n) is 10.5. The molecule has 0 aliphatic carbocycles. The van der Waals surface area contributed by atoms with Gasteiger partial charge in [0.05, 0.1) is 5.02 Å². The number of hydrogen-bond donors (Lipinski definition) is 0. The number of oxazole rings is 1. The molecule has 0 atom stereocenters. The Labute approximate surface area is 116 Å². The standard InChI is InChI=1S/C16H12ClNO/c1-3-6-10(2)16-18-15-12-8-5-4-7-11(12)13(17)9-14(15)19-16/h3-9H,1H2,2H3/b10-6+. The van der Waals surface area contributed by atoms with Crippen LogP contribution in [0.4, 0.5) is 0 Å². The summed E-state index contributed by atoms with van der Waals surface area (Å²) in [5.41, 5.74) is 2.48.